The third-order valence-electron chi connectivity index (χ3n) is 2.93. The molecule has 0 saturated carbocycles. The monoisotopic (exact) mass is 268 g/mol. The van der Waals surface area contributed by atoms with Crippen molar-refractivity contribution < 1.29 is 9.90 Å². The summed E-state index contributed by atoms with van der Waals surface area (Å²) >= 11 is 0. The summed E-state index contributed by atoms with van der Waals surface area (Å²) in [5, 5.41) is 12.9. The van der Waals surface area contributed by atoms with Crippen molar-refractivity contribution in [1.29, 1.82) is 0 Å². The van der Waals surface area contributed by atoms with Crippen LogP contribution < -0.4 is 5.43 Å². The molecule has 0 aliphatic rings. The Morgan fingerprint density at radius 2 is 1.80 bits per heavy atom. The maximum atomic E-state index is 10.7. The van der Waals surface area contributed by atoms with Crippen LogP contribution in [0.4, 0.5) is 5.69 Å². The number of rotatable bonds is 5. The van der Waals surface area contributed by atoms with E-state index in [1.165, 1.54) is 17.7 Å². The second kappa shape index (κ2) is 6.52. The summed E-state index contributed by atoms with van der Waals surface area (Å²) in [4.78, 5) is 10.7. The van der Waals surface area contributed by atoms with Gasteiger partial charge in [0.2, 0.25) is 0 Å². The summed E-state index contributed by atoms with van der Waals surface area (Å²) in [6, 6.07) is 14.6. The van der Waals surface area contributed by atoms with Crippen molar-refractivity contribution in [2.24, 2.45) is 5.10 Å². The number of aryl methyl sites for hydroxylation is 1. The molecule has 0 aromatic heterocycles. The van der Waals surface area contributed by atoms with E-state index in [0.29, 0.717) is 0 Å². The minimum atomic E-state index is -0.934. The zero-order valence-corrected chi connectivity index (χ0v) is 11.2. The first kappa shape index (κ1) is 13.8. The van der Waals surface area contributed by atoms with E-state index in [1.54, 1.807) is 18.3 Å². The van der Waals surface area contributed by atoms with Gasteiger partial charge in [0.15, 0.2) is 0 Å². The SMILES string of the molecule is CCc1ccc(/C=N/Nc2ccc(C(=O)O)cc2)cc1. The van der Waals surface area contributed by atoms with Crippen molar-refractivity contribution in [2.75, 3.05) is 5.43 Å². The van der Waals surface area contributed by atoms with Crippen LogP contribution in [0.15, 0.2) is 53.6 Å². The van der Waals surface area contributed by atoms with Crippen molar-refractivity contribution in [2.45, 2.75) is 13.3 Å². The van der Waals surface area contributed by atoms with Crippen LogP contribution in [0.1, 0.15) is 28.4 Å². The maximum absolute atomic E-state index is 10.7. The first-order chi connectivity index (χ1) is 9.69. The molecule has 2 aromatic rings. The number of benzene rings is 2. The lowest BCUT2D eigenvalue weighted by molar-refractivity contribution is 0.0697. The normalized spacial score (nSPS) is 10.7. The molecule has 0 amide bonds. The van der Waals surface area contributed by atoms with Gasteiger partial charge in [-0.1, -0.05) is 31.2 Å². The summed E-state index contributed by atoms with van der Waals surface area (Å²) in [6.45, 7) is 2.12. The summed E-state index contributed by atoms with van der Waals surface area (Å²) in [5.41, 5.74) is 6.17. The fourth-order valence-corrected chi connectivity index (χ4v) is 1.71. The summed E-state index contributed by atoms with van der Waals surface area (Å²) in [5.74, 6) is -0.934. The quantitative estimate of drug-likeness (QED) is 0.645. The van der Waals surface area contributed by atoms with Gasteiger partial charge in [-0.25, -0.2) is 4.79 Å². The first-order valence-electron chi connectivity index (χ1n) is 6.40. The zero-order valence-electron chi connectivity index (χ0n) is 11.2. The van der Waals surface area contributed by atoms with Crippen LogP contribution in [-0.4, -0.2) is 17.3 Å². The van der Waals surface area contributed by atoms with Crippen LogP contribution in [0, 0.1) is 0 Å². The molecular weight excluding hydrogens is 252 g/mol. The lowest BCUT2D eigenvalue weighted by Crippen LogP contribution is -1.96. The molecule has 2 aromatic carbocycles. The Morgan fingerprint density at radius 3 is 2.35 bits per heavy atom. The number of carboxylic acid groups (broad SMARTS) is 1. The van der Waals surface area contributed by atoms with Crippen molar-refractivity contribution in [3.05, 3.63) is 65.2 Å². The highest BCUT2D eigenvalue weighted by Crippen LogP contribution is 2.09. The van der Waals surface area contributed by atoms with Gasteiger partial charge in [0.1, 0.15) is 0 Å². The standard InChI is InChI=1S/C16H16N2O2/c1-2-12-3-5-13(6-4-12)11-17-18-15-9-7-14(8-10-15)16(19)20/h3-11,18H,2H2,1H3,(H,19,20)/b17-11+. The molecule has 4 heteroatoms. The molecule has 0 bridgehead atoms. The molecule has 102 valence electrons. The van der Waals surface area contributed by atoms with Gasteiger partial charge >= 0.3 is 5.97 Å². The molecule has 2 N–H and O–H groups in total. The highest BCUT2D eigenvalue weighted by molar-refractivity contribution is 5.88. The van der Waals surface area contributed by atoms with Crippen LogP contribution in [0.25, 0.3) is 0 Å². The fraction of sp³-hybridized carbons (Fsp3) is 0.125. The average Bonchev–Trinajstić information content (AvgIpc) is 2.48. The average molecular weight is 268 g/mol. The van der Waals surface area contributed by atoms with Crippen LogP contribution in [-0.2, 0) is 6.42 Å². The fourth-order valence-electron chi connectivity index (χ4n) is 1.71. The lowest BCUT2D eigenvalue weighted by Gasteiger charge is -2.01. The second-order valence-corrected chi connectivity index (χ2v) is 4.35. The van der Waals surface area contributed by atoms with E-state index in [9.17, 15) is 4.79 Å². The van der Waals surface area contributed by atoms with Gasteiger partial charge in [-0.15, -0.1) is 0 Å². The van der Waals surface area contributed by atoms with Gasteiger partial charge in [0, 0.05) is 0 Å². The van der Waals surface area contributed by atoms with Crippen molar-refractivity contribution in [1.82, 2.24) is 0 Å². The van der Waals surface area contributed by atoms with Crippen LogP contribution in [0.2, 0.25) is 0 Å². The molecule has 2 rings (SSSR count). The predicted molar refractivity (Wildman–Crippen MR) is 80.4 cm³/mol. The third kappa shape index (κ3) is 3.68. The molecule has 0 heterocycles. The highest BCUT2D eigenvalue weighted by atomic mass is 16.4. The van der Waals surface area contributed by atoms with Gasteiger partial charge in [-0.2, -0.15) is 5.10 Å². The van der Waals surface area contributed by atoms with Gasteiger partial charge in [0.05, 0.1) is 17.5 Å². The van der Waals surface area contributed by atoms with Crippen LogP contribution >= 0.6 is 0 Å². The Morgan fingerprint density at radius 1 is 1.15 bits per heavy atom. The second-order valence-electron chi connectivity index (χ2n) is 4.35. The number of nitrogens with zero attached hydrogens (tertiary/aromatic N) is 1. The Bertz CT molecular complexity index is 601. The number of hydrazone groups is 1. The van der Waals surface area contributed by atoms with E-state index in [1.807, 2.05) is 12.1 Å². The number of aromatic carboxylic acids is 1. The highest BCUT2D eigenvalue weighted by Gasteiger charge is 2.00. The molecule has 0 saturated heterocycles. The van der Waals surface area contributed by atoms with E-state index < -0.39 is 5.97 Å². The zero-order chi connectivity index (χ0) is 14.4. The lowest BCUT2D eigenvalue weighted by atomic mass is 10.1. The van der Waals surface area contributed by atoms with E-state index >= 15 is 0 Å². The first-order valence-corrected chi connectivity index (χ1v) is 6.40. The van der Waals surface area contributed by atoms with Gasteiger partial charge in [-0.05, 0) is 41.8 Å². The molecule has 0 radical (unpaired) electrons. The number of hydrogen-bond acceptors (Lipinski definition) is 3. The Labute approximate surface area is 117 Å². The molecule has 0 spiro atoms. The van der Waals surface area contributed by atoms with Crippen LogP contribution in [0.5, 0.6) is 0 Å². The number of carboxylic acids is 1. The minimum absolute atomic E-state index is 0.259. The summed E-state index contributed by atoms with van der Waals surface area (Å²) < 4.78 is 0. The van der Waals surface area contributed by atoms with E-state index in [0.717, 1.165) is 17.7 Å². The van der Waals surface area contributed by atoms with E-state index in [2.05, 4.69) is 29.6 Å². The van der Waals surface area contributed by atoms with E-state index in [4.69, 9.17) is 5.11 Å². The summed E-state index contributed by atoms with van der Waals surface area (Å²) in [6.07, 6.45) is 2.75. The molecular formula is C16H16N2O2. The smallest absolute Gasteiger partial charge is 0.335 e. The third-order valence-corrected chi connectivity index (χ3v) is 2.93. The number of carbonyl (C=O) groups is 1. The van der Waals surface area contributed by atoms with Gasteiger partial charge < -0.3 is 5.11 Å². The van der Waals surface area contributed by atoms with Crippen molar-refractivity contribution in [3.8, 4) is 0 Å². The minimum Gasteiger partial charge on any atom is -0.478 e. The Hall–Kier alpha value is -2.62. The van der Waals surface area contributed by atoms with Crippen molar-refractivity contribution >= 4 is 17.9 Å². The Kier molecular flexibility index (Phi) is 4.50. The summed E-state index contributed by atoms with van der Waals surface area (Å²) in [7, 11) is 0. The molecule has 0 atom stereocenters. The van der Waals surface area contributed by atoms with Gasteiger partial charge in [-0.3, -0.25) is 5.43 Å². The topological polar surface area (TPSA) is 61.7 Å². The molecule has 20 heavy (non-hydrogen) atoms. The van der Waals surface area contributed by atoms with Crippen molar-refractivity contribution in [3.63, 3.8) is 0 Å². The largest absolute Gasteiger partial charge is 0.478 e. The molecule has 0 fully saturated rings. The Balaban J connectivity index is 1.96. The molecule has 0 aliphatic carbocycles. The van der Waals surface area contributed by atoms with E-state index in [-0.39, 0.29) is 5.56 Å². The number of nitrogens with one attached hydrogen (secondary N) is 1. The number of anilines is 1. The molecule has 0 unspecified atom stereocenters. The maximum Gasteiger partial charge on any atom is 0.335 e. The molecule has 0 aliphatic heterocycles. The van der Waals surface area contributed by atoms with Gasteiger partial charge in [0.25, 0.3) is 0 Å². The molecule has 4 nitrogen and oxygen atoms in total. The number of hydrogen-bond donors (Lipinski definition) is 2. The van der Waals surface area contributed by atoms with Crippen LogP contribution in [0.3, 0.4) is 0 Å². The predicted octanol–water partition coefficient (Wildman–Crippen LogP) is 3.39.